The van der Waals surface area contributed by atoms with Crippen molar-refractivity contribution < 1.29 is 9.59 Å². The lowest BCUT2D eigenvalue weighted by Crippen LogP contribution is -1.84. The third-order valence-electron chi connectivity index (χ3n) is 3.39. The fourth-order valence-electron chi connectivity index (χ4n) is 2.51. The molecule has 0 saturated carbocycles. The molecule has 4 nitrogen and oxygen atoms in total. The summed E-state index contributed by atoms with van der Waals surface area (Å²) in [6.07, 6.45) is 3.05. The zero-order chi connectivity index (χ0) is 15.4. The molecule has 0 atom stereocenters. The fraction of sp³-hybridized carbons (Fsp3) is 0. The lowest BCUT2D eigenvalue weighted by Gasteiger charge is -2.11. The van der Waals surface area contributed by atoms with E-state index in [0.717, 1.165) is 21.9 Å². The minimum atomic E-state index is 0.302. The maximum absolute atomic E-state index is 10.8. The van der Waals surface area contributed by atoms with Gasteiger partial charge < -0.3 is 0 Å². The number of aliphatic imine (C=N–C) groups is 2. The molecule has 0 aliphatic rings. The van der Waals surface area contributed by atoms with Crippen LogP contribution in [0.15, 0.2) is 70.6 Å². The number of isocyanates is 2. The number of rotatable bonds is 3. The van der Waals surface area contributed by atoms with E-state index in [1.165, 1.54) is 6.08 Å². The average molecular weight is 286 g/mol. The number of hydrogen-bond acceptors (Lipinski definition) is 4. The van der Waals surface area contributed by atoms with Gasteiger partial charge in [-0.2, -0.15) is 9.98 Å². The number of benzene rings is 3. The standard InChI is InChI=1S/C18H10N2O2/c21-11-19-16-10-14-8-4-5-9-15(14)17(18(16)20-12-22)13-6-2-1-3-7-13/h1-10H. The summed E-state index contributed by atoms with van der Waals surface area (Å²) < 4.78 is 0. The van der Waals surface area contributed by atoms with Gasteiger partial charge in [-0.05, 0) is 22.4 Å². The minimum absolute atomic E-state index is 0.302. The minimum Gasteiger partial charge on any atom is -0.211 e. The highest BCUT2D eigenvalue weighted by atomic mass is 16.1. The first kappa shape index (κ1) is 13.7. The normalized spacial score (nSPS) is 9.82. The molecule has 104 valence electrons. The predicted octanol–water partition coefficient (Wildman–Crippen LogP) is 4.44. The van der Waals surface area contributed by atoms with Crippen LogP contribution in [-0.4, -0.2) is 12.2 Å². The van der Waals surface area contributed by atoms with Crippen LogP contribution < -0.4 is 0 Å². The first-order valence-corrected chi connectivity index (χ1v) is 6.62. The molecule has 0 aliphatic heterocycles. The van der Waals surface area contributed by atoms with Crippen molar-refractivity contribution in [3.8, 4) is 11.1 Å². The predicted molar refractivity (Wildman–Crippen MR) is 84.9 cm³/mol. The van der Waals surface area contributed by atoms with Crippen LogP contribution in [0.5, 0.6) is 0 Å². The number of fused-ring (bicyclic) bond motifs is 1. The van der Waals surface area contributed by atoms with E-state index in [4.69, 9.17) is 0 Å². The summed E-state index contributed by atoms with van der Waals surface area (Å²) in [6, 6.07) is 18.9. The molecule has 4 heteroatoms. The maximum atomic E-state index is 10.8. The zero-order valence-corrected chi connectivity index (χ0v) is 11.5. The van der Waals surface area contributed by atoms with E-state index in [2.05, 4.69) is 9.98 Å². The zero-order valence-electron chi connectivity index (χ0n) is 11.5. The summed E-state index contributed by atoms with van der Waals surface area (Å²) in [4.78, 5) is 29.0. The van der Waals surface area contributed by atoms with Gasteiger partial charge in [-0.15, -0.1) is 0 Å². The lowest BCUT2D eigenvalue weighted by atomic mass is 9.95. The van der Waals surface area contributed by atoms with E-state index < -0.39 is 0 Å². The highest BCUT2D eigenvalue weighted by molar-refractivity contribution is 6.06. The fourth-order valence-corrected chi connectivity index (χ4v) is 2.51. The molecule has 0 radical (unpaired) electrons. The van der Waals surface area contributed by atoms with Gasteiger partial charge in [-0.3, -0.25) is 0 Å². The van der Waals surface area contributed by atoms with Crippen LogP contribution in [0, 0.1) is 0 Å². The second kappa shape index (κ2) is 5.98. The van der Waals surface area contributed by atoms with Crippen LogP contribution >= 0.6 is 0 Å². The molecule has 0 amide bonds. The topological polar surface area (TPSA) is 58.9 Å². The molecule has 0 aliphatic carbocycles. The second-order valence-electron chi connectivity index (χ2n) is 4.61. The summed E-state index contributed by atoms with van der Waals surface area (Å²) >= 11 is 0. The first-order chi connectivity index (χ1) is 10.8. The van der Waals surface area contributed by atoms with Crippen molar-refractivity contribution >= 4 is 34.3 Å². The third-order valence-corrected chi connectivity index (χ3v) is 3.39. The van der Waals surface area contributed by atoms with Crippen LogP contribution in [0.2, 0.25) is 0 Å². The van der Waals surface area contributed by atoms with Gasteiger partial charge in [-0.25, -0.2) is 9.59 Å². The molecular weight excluding hydrogens is 276 g/mol. The number of hydrogen-bond donors (Lipinski definition) is 0. The third kappa shape index (κ3) is 2.36. The molecule has 3 rings (SSSR count). The van der Waals surface area contributed by atoms with Crippen molar-refractivity contribution in [3.63, 3.8) is 0 Å². The van der Waals surface area contributed by atoms with Gasteiger partial charge in [0.05, 0.1) is 0 Å². The van der Waals surface area contributed by atoms with Crippen LogP contribution in [0.4, 0.5) is 11.4 Å². The Morgan fingerprint density at radius 3 is 2.18 bits per heavy atom. The van der Waals surface area contributed by atoms with Crippen molar-refractivity contribution in [2.45, 2.75) is 0 Å². The monoisotopic (exact) mass is 286 g/mol. The van der Waals surface area contributed by atoms with Crippen molar-refractivity contribution in [1.29, 1.82) is 0 Å². The maximum Gasteiger partial charge on any atom is 0.240 e. The van der Waals surface area contributed by atoms with Gasteiger partial charge in [0.1, 0.15) is 11.4 Å². The number of nitrogens with zero attached hydrogens (tertiary/aromatic N) is 2. The summed E-state index contributed by atoms with van der Waals surface area (Å²) in [5, 5.41) is 1.83. The first-order valence-electron chi connectivity index (χ1n) is 6.62. The van der Waals surface area contributed by atoms with Gasteiger partial charge in [0, 0.05) is 5.56 Å². The van der Waals surface area contributed by atoms with Gasteiger partial charge in [0.25, 0.3) is 0 Å². The smallest absolute Gasteiger partial charge is 0.211 e. The summed E-state index contributed by atoms with van der Waals surface area (Å²) in [5.74, 6) is 0. The molecule has 0 bridgehead atoms. The molecule has 0 aromatic heterocycles. The molecule has 0 heterocycles. The van der Waals surface area contributed by atoms with Gasteiger partial charge in [0.2, 0.25) is 12.2 Å². The molecule has 0 spiro atoms. The Balaban J connectivity index is 2.52. The number of carbonyl (C=O) groups excluding carboxylic acids is 2. The Labute approximate surface area is 126 Å². The largest absolute Gasteiger partial charge is 0.240 e. The summed E-state index contributed by atoms with van der Waals surface area (Å²) in [7, 11) is 0. The van der Waals surface area contributed by atoms with E-state index >= 15 is 0 Å². The van der Waals surface area contributed by atoms with Crippen molar-refractivity contribution in [2.24, 2.45) is 9.98 Å². The summed E-state index contributed by atoms with van der Waals surface area (Å²) in [6.45, 7) is 0. The SMILES string of the molecule is O=C=Nc1cc2ccccc2c(-c2ccccc2)c1N=C=O. The van der Waals surface area contributed by atoms with Crippen molar-refractivity contribution in [2.75, 3.05) is 0 Å². The van der Waals surface area contributed by atoms with Crippen LogP contribution in [0.1, 0.15) is 0 Å². The second-order valence-corrected chi connectivity index (χ2v) is 4.61. The Kier molecular flexibility index (Phi) is 3.71. The molecule has 0 saturated heterocycles. The molecule has 3 aromatic carbocycles. The molecule has 0 fully saturated rings. The highest BCUT2D eigenvalue weighted by Gasteiger charge is 2.14. The Hall–Kier alpha value is -3.32. The summed E-state index contributed by atoms with van der Waals surface area (Å²) in [5.41, 5.74) is 2.26. The van der Waals surface area contributed by atoms with E-state index in [0.29, 0.717) is 11.4 Å². The Morgan fingerprint density at radius 2 is 1.45 bits per heavy atom. The van der Waals surface area contributed by atoms with Crippen molar-refractivity contribution in [3.05, 3.63) is 60.7 Å². The van der Waals surface area contributed by atoms with Gasteiger partial charge in [-0.1, -0.05) is 54.6 Å². The molecule has 3 aromatic rings. The van der Waals surface area contributed by atoms with E-state index in [1.54, 1.807) is 12.1 Å². The molecule has 0 unspecified atom stereocenters. The van der Waals surface area contributed by atoms with E-state index in [-0.39, 0.29) is 0 Å². The lowest BCUT2D eigenvalue weighted by molar-refractivity contribution is 0.564. The van der Waals surface area contributed by atoms with E-state index in [9.17, 15) is 9.59 Å². The van der Waals surface area contributed by atoms with Crippen LogP contribution in [0.3, 0.4) is 0 Å². The average Bonchev–Trinajstić information content (AvgIpc) is 2.56. The molecular formula is C18H10N2O2. The van der Waals surface area contributed by atoms with E-state index in [1.807, 2.05) is 54.6 Å². The quantitative estimate of drug-likeness (QED) is 0.528. The molecule has 0 N–H and O–H groups in total. The molecule has 22 heavy (non-hydrogen) atoms. The van der Waals surface area contributed by atoms with Crippen LogP contribution in [-0.2, 0) is 9.59 Å². The van der Waals surface area contributed by atoms with Crippen LogP contribution in [0.25, 0.3) is 21.9 Å². The Bertz CT molecular complexity index is 936. The Morgan fingerprint density at radius 1 is 0.773 bits per heavy atom. The van der Waals surface area contributed by atoms with Crippen molar-refractivity contribution in [1.82, 2.24) is 0 Å². The van der Waals surface area contributed by atoms with Gasteiger partial charge in [0.15, 0.2) is 0 Å². The highest BCUT2D eigenvalue weighted by Crippen LogP contribution is 2.43. The van der Waals surface area contributed by atoms with Gasteiger partial charge >= 0.3 is 0 Å².